The van der Waals surface area contributed by atoms with E-state index in [1.54, 1.807) is 12.1 Å². The molecule has 2 aromatic rings. The molecule has 0 bridgehead atoms. The fraction of sp³-hybridized carbons (Fsp3) is 0.235. The number of hydrogen-bond donors (Lipinski definition) is 0. The van der Waals surface area contributed by atoms with Crippen molar-refractivity contribution in [3.8, 4) is 0 Å². The van der Waals surface area contributed by atoms with Crippen molar-refractivity contribution < 1.29 is 9.23 Å². The summed E-state index contributed by atoms with van der Waals surface area (Å²) in [7, 11) is 0. The van der Waals surface area contributed by atoms with E-state index in [1.807, 2.05) is 43.3 Å². The Morgan fingerprint density at radius 1 is 1.05 bits per heavy atom. The van der Waals surface area contributed by atoms with Crippen molar-refractivity contribution in [3.63, 3.8) is 0 Å². The summed E-state index contributed by atoms with van der Waals surface area (Å²) in [4.78, 5) is 5.31. The third-order valence-corrected chi connectivity index (χ3v) is 2.96. The van der Waals surface area contributed by atoms with Gasteiger partial charge in [-0.1, -0.05) is 47.6 Å². The molecule has 2 rings (SSSR count). The van der Waals surface area contributed by atoms with Gasteiger partial charge in [0, 0.05) is 0 Å². The summed E-state index contributed by atoms with van der Waals surface area (Å²) in [5, 5.41) is 4.08. The largest absolute Gasteiger partial charge is 0.391 e. The number of hydrogen-bond acceptors (Lipinski definition) is 2. The monoisotopic (exact) mass is 271 g/mol. The Morgan fingerprint density at radius 3 is 2.55 bits per heavy atom. The van der Waals surface area contributed by atoms with Crippen molar-refractivity contribution in [1.82, 2.24) is 0 Å². The minimum atomic E-state index is -0.197. The molecular weight excluding hydrogens is 253 g/mol. The zero-order valence-electron chi connectivity index (χ0n) is 11.6. The molecule has 0 saturated carbocycles. The van der Waals surface area contributed by atoms with Crippen LogP contribution in [0.2, 0.25) is 0 Å². The van der Waals surface area contributed by atoms with E-state index < -0.39 is 0 Å². The summed E-state index contributed by atoms with van der Waals surface area (Å²) in [6.07, 6.45) is 1.53. The molecule has 0 aliphatic carbocycles. The Bertz CT molecular complexity index is 566. The zero-order valence-corrected chi connectivity index (χ0v) is 11.6. The number of rotatable bonds is 6. The van der Waals surface area contributed by atoms with E-state index in [9.17, 15) is 4.39 Å². The third kappa shape index (κ3) is 4.84. The standard InChI is InChI=1S/C17H18FNO/c1-14(10-11-15-8-5-9-17(18)12-15)19-20-13-16-6-3-2-4-7-16/h2-9,12H,10-11,13H2,1H3/b19-14+. The molecule has 0 amide bonds. The van der Waals surface area contributed by atoms with Crippen LogP contribution in [-0.4, -0.2) is 5.71 Å². The van der Waals surface area contributed by atoms with Gasteiger partial charge in [0.25, 0.3) is 0 Å². The van der Waals surface area contributed by atoms with Crippen LogP contribution >= 0.6 is 0 Å². The van der Waals surface area contributed by atoms with Crippen molar-refractivity contribution in [2.45, 2.75) is 26.4 Å². The first-order chi connectivity index (χ1) is 9.74. The highest BCUT2D eigenvalue weighted by Gasteiger charge is 1.98. The maximum Gasteiger partial charge on any atom is 0.142 e. The summed E-state index contributed by atoms with van der Waals surface area (Å²) in [6.45, 7) is 2.39. The fourth-order valence-corrected chi connectivity index (χ4v) is 1.85. The van der Waals surface area contributed by atoms with Gasteiger partial charge < -0.3 is 4.84 Å². The Morgan fingerprint density at radius 2 is 1.80 bits per heavy atom. The number of aryl methyl sites for hydroxylation is 1. The molecule has 0 heterocycles. The Hall–Kier alpha value is -2.16. The summed E-state index contributed by atoms with van der Waals surface area (Å²) in [5.74, 6) is -0.197. The van der Waals surface area contributed by atoms with E-state index in [0.29, 0.717) is 6.61 Å². The highest BCUT2D eigenvalue weighted by atomic mass is 19.1. The van der Waals surface area contributed by atoms with Crippen LogP contribution in [0.1, 0.15) is 24.5 Å². The van der Waals surface area contributed by atoms with Gasteiger partial charge in [-0.25, -0.2) is 4.39 Å². The highest BCUT2D eigenvalue weighted by Crippen LogP contribution is 2.07. The van der Waals surface area contributed by atoms with Crippen molar-refractivity contribution >= 4 is 5.71 Å². The smallest absolute Gasteiger partial charge is 0.142 e. The molecule has 3 heteroatoms. The topological polar surface area (TPSA) is 21.6 Å². The van der Waals surface area contributed by atoms with Crippen molar-refractivity contribution in [1.29, 1.82) is 0 Å². The average molecular weight is 271 g/mol. The van der Waals surface area contributed by atoms with Gasteiger partial charge in [-0.3, -0.25) is 0 Å². The van der Waals surface area contributed by atoms with Gasteiger partial charge in [-0.2, -0.15) is 0 Å². The molecule has 0 fully saturated rings. The predicted octanol–water partition coefficient (Wildman–Crippen LogP) is 4.35. The lowest BCUT2D eigenvalue weighted by atomic mass is 10.1. The maximum atomic E-state index is 13.0. The van der Waals surface area contributed by atoms with E-state index in [1.165, 1.54) is 6.07 Å². The molecule has 0 spiro atoms. The molecule has 2 aromatic carbocycles. The van der Waals surface area contributed by atoms with Crippen LogP contribution in [0.4, 0.5) is 4.39 Å². The third-order valence-electron chi connectivity index (χ3n) is 2.96. The predicted molar refractivity (Wildman–Crippen MR) is 79.1 cm³/mol. The normalized spacial score (nSPS) is 11.4. The molecule has 0 aliphatic rings. The Kier molecular flexibility index (Phi) is 5.30. The van der Waals surface area contributed by atoms with Crippen LogP contribution in [0.5, 0.6) is 0 Å². The molecule has 0 aromatic heterocycles. The SMILES string of the molecule is C/C(CCc1cccc(F)c1)=N\OCc1ccccc1. The molecule has 2 nitrogen and oxygen atoms in total. The molecule has 0 saturated heterocycles. The first kappa shape index (κ1) is 14.3. The number of oxime groups is 1. The van der Waals surface area contributed by atoms with E-state index in [2.05, 4.69) is 5.16 Å². The van der Waals surface area contributed by atoms with Crippen molar-refractivity contribution in [2.75, 3.05) is 0 Å². The molecule has 0 atom stereocenters. The van der Waals surface area contributed by atoms with Crippen molar-refractivity contribution in [3.05, 3.63) is 71.5 Å². The van der Waals surface area contributed by atoms with Gasteiger partial charge in [-0.05, 0) is 43.0 Å². The number of nitrogens with zero attached hydrogens (tertiary/aromatic N) is 1. The maximum absolute atomic E-state index is 13.0. The minimum absolute atomic E-state index is 0.197. The van der Waals surface area contributed by atoms with E-state index in [-0.39, 0.29) is 5.82 Å². The molecule has 104 valence electrons. The van der Waals surface area contributed by atoms with E-state index >= 15 is 0 Å². The van der Waals surface area contributed by atoms with Crippen LogP contribution in [0.25, 0.3) is 0 Å². The first-order valence-corrected chi connectivity index (χ1v) is 6.68. The zero-order chi connectivity index (χ0) is 14.2. The summed E-state index contributed by atoms with van der Waals surface area (Å²) in [6, 6.07) is 16.6. The van der Waals surface area contributed by atoms with Gasteiger partial charge in [0.15, 0.2) is 0 Å². The lowest BCUT2D eigenvalue weighted by Gasteiger charge is -2.03. The van der Waals surface area contributed by atoms with Crippen molar-refractivity contribution in [2.24, 2.45) is 5.16 Å². The van der Waals surface area contributed by atoms with Crippen LogP contribution in [-0.2, 0) is 17.9 Å². The Balaban J connectivity index is 1.77. The average Bonchev–Trinajstić information content (AvgIpc) is 2.46. The van der Waals surface area contributed by atoms with Gasteiger partial charge >= 0.3 is 0 Å². The second-order valence-corrected chi connectivity index (χ2v) is 4.72. The van der Waals surface area contributed by atoms with Crippen LogP contribution < -0.4 is 0 Å². The Labute approximate surface area is 118 Å². The van der Waals surface area contributed by atoms with E-state index in [0.717, 1.165) is 29.7 Å². The molecular formula is C17H18FNO. The second kappa shape index (κ2) is 7.43. The minimum Gasteiger partial charge on any atom is -0.391 e. The first-order valence-electron chi connectivity index (χ1n) is 6.68. The van der Waals surface area contributed by atoms with E-state index in [4.69, 9.17) is 4.84 Å². The summed E-state index contributed by atoms with van der Waals surface area (Å²) >= 11 is 0. The fourth-order valence-electron chi connectivity index (χ4n) is 1.85. The van der Waals surface area contributed by atoms with Crippen LogP contribution in [0, 0.1) is 5.82 Å². The number of halogens is 1. The van der Waals surface area contributed by atoms with Gasteiger partial charge in [0.05, 0.1) is 5.71 Å². The van der Waals surface area contributed by atoms with Gasteiger partial charge in [0.2, 0.25) is 0 Å². The summed E-state index contributed by atoms with van der Waals surface area (Å²) < 4.78 is 13.0. The van der Waals surface area contributed by atoms with Crippen LogP contribution in [0.3, 0.4) is 0 Å². The quantitative estimate of drug-likeness (QED) is 0.565. The van der Waals surface area contributed by atoms with Gasteiger partial charge in [-0.15, -0.1) is 0 Å². The lowest BCUT2D eigenvalue weighted by molar-refractivity contribution is 0.129. The molecule has 20 heavy (non-hydrogen) atoms. The molecule has 0 N–H and O–H groups in total. The second-order valence-electron chi connectivity index (χ2n) is 4.72. The van der Waals surface area contributed by atoms with Gasteiger partial charge in [0.1, 0.15) is 12.4 Å². The molecule has 0 unspecified atom stereocenters. The van der Waals surface area contributed by atoms with Crippen LogP contribution in [0.15, 0.2) is 59.8 Å². The summed E-state index contributed by atoms with van der Waals surface area (Å²) in [5.41, 5.74) is 2.97. The molecule has 0 aliphatic heterocycles. The number of benzene rings is 2. The highest BCUT2D eigenvalue weighted by molar-refractivity contribution is 5.81. The molecule has 0 radical (unpaired) electrons. The lowest BCUT2D eigenvalue weighted by Crippen LogP contribution is -1.97.